The Morgan fingerprint density at radius 1 is 1.02 bits per heavy atom. The van der Waals surface area contributed by atoms with Crippen LogP contribution in [-0.4, -0.2) is 53.9 Å². The summed E-state index contributed by atoms with van der Waals surface area (Å²) in [7, 11) is -1.93. The minimum Gasteiger partial charge on any atom is -0.495 e. The van der Waals surface area contributed by atoms with Crippen LogP contribution in [0.3, 0.4) is 0 Å². The molecule has 0 saturated carbocycles. The molecule has 2 N–H and O–H groups in total. The van der Waals surface area contributed by atoms with Crippen LogP contribution < -0.4 is 10.1 Å². The van der Waals surface area contributed by atoms with Gasteiger partial charge in [0.15, 0.2) is 15.5 Å². The van der Waals surface area contributed by atoms with Crippen molar-refractivity contribution in [1.29, 1.82) is 0 Å². The number of ketones is 1. The van der Waals surface area contributed by atoms with E-state index in [-0.39, 0.29) is 23.7 Å². The number of nitrogens with one attached hydrogen (secondary N) is 1. The van der Waals surface area contributed by atoms with E-state index in [4.69, 9.17) is 4.74 Å². The number of aromatic nitrogens is 3. The van der Waals surface area contributed by atoms with Crippen molar-refractivity contribution in [3.05, 3.63) is 102 Å². The lowest BCUT2D eigenvalue weighted by molar-refractivity contribution is -0.120. The van der Waals surface area contributed by atoms with Gasteiger partial charge in [-0.3, -0.25) is 4.79 Å². The third-order valence-corrected chi connectivity index (χ3v) is 7.80. The summed E-state index contributed by atoms with van der Waals surface area (Å²) in [6.45, 7) is -0.351. The third kappa shape index (κ3) is 6.26. The van der Waals surface area contributed by atoms with Gasteiger partial charge in [0.2, 0.25) is 5.95 Å². The number of hydrogen-bond donors (Lipinski definition) is 2. The van der Waals surface area contributed by atoms with Crippen LogP contribution in [-0.2, 0) is 21.1 Å². The van der Waals surface area contributed by atoms with Gasteiger partial charge in [-0.1, -0.05) is 36.4 Å². The number of Topliss-reactive ketones (excluding diaryl/α,β-unsaturated/α-hetero) is 1. The number of aliphatic hydroxyl groups is 1. The molecule has 0 aliphatic rings. The fourth-order valence-corrected chi connectivity index (χ4v) is 5.10. The quantitative estimate of drug-likeness (QED) is 0.249. The first-order valence-electron chi connectivity index (χ1n) is 12.6. The molecule has 41 heavy (non-hydrogen) atoms. The van der Waals surface area contributed by atoms with Gasteiger partial charge in [0, 0.05) is 30.5 Å². The van der Waals surface area contributed by atoms with Gasteiger partial charge in [0.1, 0.15) is 17.3 Å². The van der Waals surface area contributed by atoms with E-state index in [1.54, 1.807) is 10.6 Å². The first-order valence-corrected chi connectivity index (χ1v) is 14.5. The van der Waals surface area contributed by atoms with Crippen LogP contribution in [0.5, 0.6) is 5.75 Å². The van der Waals surface area contributed by atoms with Gasteiger partial charge in [-0.15, -0.1) is 5.10 Å². The van der Waals surface area contributed by atoms with Crippen molar-refractivity contribution in [3.8, 4) is 16.9 Å². The Morgan fingerprint density at radius 3 is 2.39 bits per heavy atom. The predicted molar refractivity (Wildman–Crippen MR) is 153 cm³/mol. The summed E-state index contributed by atoms with van der Waals surface area (Å²) in [6, 6.07) is 21.4. The molecule has 9 nitrogen and oxygen atoms in total. The summed E-state index contributed by atoms with van der Waals surface area (Å²) in [5.41, 5.74) is 4.27. The van der Waals surface area contributed by atoms with Crippen molar-refractivity contribution in [2.24, 2.45) is 0 Å². The highest BCUT2D eigenvalue weighted by Crippen LogP contribution is 2.30. The van der Waals surface area contributed by atoms with Crippen molar-refractivity contribution in [2.45, 2.75) is 17.2 Å². The second-order valence-corrected chi connectivity index (χ2v) is 11.6. The monoisotopic (exact) mass is 574 g/mol. The minimum atomic E-state index is -3.38. The Labute approximate surface area is 236 Å². The number of rotatable bonds is 10. The predicted octanol–water partition coefficient (Wildman–Crippen LogP) is 4.58. The number of nitrogens with zero attached hydrogens (tertiary/aromatic N) is 3. The molecule has 5 aromatic rings. The number of halogens is 1. The molecule has 3 aromatic carbocycles. The van der Waals surface area contributed by atoms with E-state index in [0.29, 0.717) is 28.6 Å². The van der Waals surface area contributed by atoms with Gasteiger partial charge in [0.25, 0.3) is 0 Å². The molecule has 0 aliphatic heterocycles. The maximum Gasteiger partial charge on any atom is 0.247 e. The minimum absolute atomic E-state index is 0.134. The second kappa shape index (κ2) is 11.5. The molecule has 11 heteroatoms. The third-order valence-electron chi connectivity index (χ3n) is 6.69. The summed E-state index contributed by atoms with van der Waals surface area (Å²) in [6.07, 6.45) is 3.09. The van der Waals surface area contributed by atoms with Crippen molar-refractivity contribution >= 4 is 32.9 Å². The van der Waals surface area contributed by atoms with E-state index < -0.39 is 21.6 Å². The first kappa shape index (κ1) is 27.9. The maximum absolute atomic E-state index is 13.2. The van der Waals surface area contributed by atoms with Gasteiger partial charge in [-0.2, -0.15) is 4.98 Å². The maximum atomic E-state index is 13.2. The molecular formula is C30H27FN4O5S. The Balaban J connectivity index is 1.31. The SMILES string of the molecule is COc1cc(S(C)(=O)=O)ccc1Nc1nc2ccc(-c3ccc(CC(=O)C(CO)c4ccc(F)cc4)cc3)cn2n1. The summed E-state index contributed by atoms with van der Waals surface area (Å²) in [5, 5.41) is 17.3. The molecule has 0 bridgehead atoms. The zero-order valence-corrected chi connectivity index (χ0v) is 23.1. The average molecular weight is 575 g/mol. The molecule has 210 valence electrons. The van der Waals surface area contributed by atoms with Crippen LogP contribution in [0.4, 0.5) is 16.0 Å². The highest BCUT2D eigenvalue weighted by atomic mass is 32.2. The lowest BCUT2D eigenvalue weighted by Gasteiger charge is -2.14. The number of pyridine rings is 1. The van der Waals surface area contributed by atoms with Crippen LogP contribution in [0.2, 0.25) is 0 Å². The molecular weight excluding hydrogens is 547 g/mol. The number of carbonyl (C=O) groups is 1. The number of benzene rings is 3. The molecule has 0 amide bonds. The summed E-state index contributed by atoms with van der Waals surface area (Å²) in [4.78, 5) is 17.5. The molecule has 0 fully saturated rings. The lowest BCUT2D eigenvalue weighted by Crippen LogP contribution is -2.18. The molecule has 0 aliphatic carbocycles. The zero-order chi connectivity index (χ0) is 29.1. The van der Waals surface area contributed by atoms with Crippen LogP contribution in [0.15, 0.2) is 90.0 Å². The number of sulfone groups is 1. The summed E-state index contributed by atoms with van der Waals surface area (Å²) < 4.78 is 44.0. The van der Waals surface area contributed by atoms with Crippen molar-refractivity contribution in [3.63, 3.8) is 0 Å². The van der Waals surface area contributed by atoms with Gasteiger partial charge >= 0.3 is 0 Å². The highest BCUT2D eigenvalue weighted by molar-refractivity contribution is 7.90. The van der Waals surface area contributed by atoms with E-state index in [2.05, 4.69) is 15.4 Å². The van der Waals surface area contributed by atoms with E-state index in [1.165, 1.54) is 43.5 Å². The van der Waals surface area contributed by atoms with E-state index in [1.807, 2.05) is 42.6 Å². The summed E-state index contributed by atoms with van der Waals surface area (Å²) >= 11 is 0. The number of aliphatic hydroxyl groups excluding tert-OH is 1. The Hall–Kier alpha value is -4.61. The van der Waals surface area contributed by atoms with Crippen molar-refractivity contribution in [1.82, 2.24) is 14.6 Å². The number of fused-ring (bicyclic) bond motifs is 1. The Morgan fingerprint density at radius 2 is 1.73 bits per heavy atom. The number of methoxy groups -OCH3 is 1. The molecule has 2 heterocycles. The largest absolute Gasteiger partial charge is 0.495 e. The second-order valence-electron chi connectivity index (χ2n) is 9.54. The van der Waals surface area contributed by atoms with Crippen LogP contribution in [0.1, 0.15) is 17.0 Å². The molecule has 0 saturated heterocycles. The lowest BCUT2D eigenvalue weighted by atomic mass is 9.91. The standard InChI is InChI=1S/C30H27FN4O5S/c1-40-28-16-24(41(2,38)39)12-13-26(28)32-30-33-29-14-9-22(17-35(29)34-30)20-5-3-19(4-6-20)15-27(37)25(18-36)21-7-10-23(31)11-8-21/h3-14,16-17,25,36H,15,18H2,1-2H3,(H,32,34). The number of carbonyl (C=O) groups excluding carboxylic acids is 1. The number of ether oxygens (including phenoxy) is 1. The molecule has 0 spiro atoms. The van der Waals surface area contributed by atoms with Gasteiger partial charge in [-0.05, 0) is 53.1 Å². The van der Waals surface area contributed by atoms with Gasteiger partial charge in [0.05, 0.1) is 30.2 Å². The molecule has 0 radical (unpaired) electrons. The van der Waals surface area contributed by atoms with Crippen LogP contribution in [0.25, 0.3) is 16.8 Å². The van der Waals surface area contributed by atoms with Gasteiger partial charge in [-0.25, -0.2) is 17.3 Å². The Kier molecular flexibility index (Phi) is 7.82. The fourth-order valence-electron chi connectivity index (χ4n) is 4.46. The smallest absolute Gasteiger partial charge is 0.247 e. The van der Waals surface area contributed by atoms with E-state index >= 15 is 0 Å². The van der Waals surface area contributed by atoms with Crippen LogP contribution in [0, 0.1) is 5.82 Å². The zero-order valence-electron chi connectivity index (χ0n) is 22.3. The normalized spacial score (nSPS) is 12.3. The molecule has 1 unspecified atom stereocenters. The fraction of sp³-hybridized carbons (Fsp3) is 0.167. The summed E-state index contributed by atoms with van der Waals surface area (Å²) in [5.74, 6) is -0.620. The van der Waals surface area contributed by atoms with Crippen molar-refractivity contribution in [2.75, 3.05) is 25.3 Å². The molecule has 2 aromatic heterocycles. The molecule has 1 atom stereocenters. The van der Waals surface area contributed by atoms with E-state index in [0.717, 1.165) is 22.9 Å². The van der Waals surface area contributed by atoms with Crippen molar-refractivity contribution < 1.29 is 27.4 Å². The first-order chi connectivity index (χ1) is 19.6. The van der Waals surface area contributed by atoms with E-state index in [9.17, 15) is 22.7 Å². The van der Waals surface area contributed by atoms with Gasteiger partial charge < -0.3 is 15.2 Å². The highest BCUT2D eigenvalue weighted by Gasteiger charge is 2.20. The average Bonchev–Trinajstić information content (AvgIpc) is 3.36. The topological polar surface area (TPSA) is 123 Å². The number of anilines is 2. The number of hydrogen-bond acceptors (Lipinski definition) is 8. The Bertz CT molecular complexity index is 1820. The van der Waals surface area contributed by atoms with Crippen LogP contribution >= 0.6 is 0 Å². The molecule has 5 rings (SSSR count).